The topological polar surface area (TPSA) is 33.1 Å². The molecule has 0 fully saturated rings. The summed E-state index contributed by atoms with van der Waals surface area (Å²) in [5, 5.41) is 9.17. The third kappa shape index (κ3) is 3.24. The zero-order valence-corrected chi connectivity index (χ0v) is 10.3. The molecule has 0 unspecified atom stereocenters. The zero-order valence-electron chi connectivity index (χ0n) is 9.58. The zero-order chi connectivity index (χ0) is 14.0. The molecule has 0 saturated carbocycles. The number of halogens is 4. The molecule has 0 amide bonds. The van der Waals surface area contributed by atoms with E-state index in [0.717, 1.165) is 12.1 Å². The fourth-order valence-electron chi connectivity index (χ4n) is 1.64. The van der Waals surface area contributed by atoms with E-state index in [1.54, 1.807) is 0 Å². The van der Waals surface area contributed by atoms with Gasteiger partial charge >= 0.3 is 6.18 Å². The first-order valence-electron chi connectivity index (χ1n) is 5.35. The Bertz CT molecular complexity index is 599. The first kappa shape index (κ1) is 13.8. The molecule has 1 aromatic heterocycles. The predicted octanol–water partition coefficient (Wildman–Crippen LogP) is 3.91. The lowest BCUT2D eigenvalue weighted by atomic mass is 10.1. The van der Waals surface area contributed by atoms with E-state index in [1.165, 1.54) is 24.3 Å². The SMILES string of the molecule is OCc1cc(Cl)nc(-c2cccc(C(F)(F)F)c2)c1. The van der Waals surface area contributed by atoms with Crippen molar-refractivity contribution in [2.75, 3.05) is 0 Å². The standard InChI is InChI=1S/C13H9ClF3NO/c14-12-5-8(7-19)4-11(18-12)9-2-1-3-10(6-9)13(15,16)17/h1-6,19H,7H2. The van der Waals surface area contributed by atoms with Crippen LogP contribution in [0.2, 0.25) is 5.15 Å². The number of aliphatic hydroxyl groups excluding tert-OH is 1. The third-order valence-corrected chi connectivity index (χ3v) is 2.72. The van der Waals surface area contributed by atoms with Gasteiger partial charge in [0.2, 0.25) is 0 Å². The van der Waals surface area contributed by atoms with Crippen LogP contribution in [-0.4, -0.2) is 10.1 Å². The van der Waals surface area contributed by atoms with E-state index in [9.17, 15) is 13.2 Å². The van der Waals surface area contributed by atoms with E-state index < -0.39 is 11.7 Å². The van der Waals surface area contributed by atoms with Gasteiger partial charge in [-0.25, -0.2) is 4.98 Å². The van der Waals surface area contributed by atoms with Crippen LogP contribution in [-0.2, 0) is 12.8 Å². The molecule has 0 spiro atoms. The highest BCUT2D eigenvalue weighted by atomic mass is 35.5. The fourth-order valence-corrected chi connectivity index (χ4v) is 1.88. The van der Waals surface area contributed by atoms with Gasteiger partial charge in [-0.05, 0) is 29.8 Å². The van der Waals surface area contributed by atoms with Gasteiger partial charge in [-0.2, -0.15) is 13.2 Å². The highest BCUT2D eigenvalue weighted by Crippen LogP contribution is 2.32. The molecule has 2 aromatic rings. The van der Waals surface area contributed by atoms with Gasteiger partial charge in [-0.15, -0.1) is 0 Å². The van der Waals surface area contributed by atoms with Crippen molar-refractivity contribution in [2.45, 2.75) is 12.8 Å². The second-order valence-corrected chi connectivity index (χ2v) is 4.31. The average Bonchev–Trinajstić information content (AvgIpc) is 2.37. The largest absolute Gasteiger partial charge is 0.416 e. The van der Waals surface area contributed by atoms with Gasteiger partial charge in [0.1, 0.15) is 5.15 Å². The van der Waals surface area contributed by atoms with Gasteiger partial charge in [0.15, 0.2) is 0 Å². The van der Waals surface area contributed by atoms with Crippen molar-refractivity contribution < 1.29 is 18.3 Å². The van der Waals surface area contributed by atoms with E-state index in [0.29, 0.717) is 16.8 Å². The molecule has 1 aromatic carbocycles. The summed E-state index contributed by atoms with van der Waals surface area (Å²) < 4.78 is 37.9. The first-order valence-corrected chi connectivity index (χ1v) is 5.73. The Morgan fingerprint density at radius 3 is 2.53 bits per heavy atom. The van der Waals surface area contributed by atoms with Crippen molar-refractivity contribution >= 4 is 11.6 Å². The lowest BCUT2D eigenvalue weighted by Gasteiger charge is -2.09. The molecule has 6 heteroatoms. The van der Waals surface area contributed by atoms with Crippen molar-refractivity contribution in [2.24, 2.45) is 0 Å². The number of alkyl halides is 3. The summed E-state index contributed by atoms with van der Waals surface area (Å²) in [6.07, 6.45) is -4.41. The number of rotatable bonds is 2. The second-order valence-electron chi connectivity index (χ2n) is 3.92. The summed E-state index contributed by atoms with van der Waals surface area (Å²) in [4.78, 5) is 3.96. The molecular formula is C13H9ClF3NO. The van der Waals surface area contributed by atoms with E-state index >= 15 is 0 Å². The Morgan fingerprint density at radius 2 is 1.89 bits per heavy atom. The number of aliphatic hydroxyl groups is 1. The number of nitrogens with zero attached hydrogens (tertiary/aromatic N) is 1. The van der Waals surface area contributed by atoms with Crippen LogP contribution in [0, 0.1) is 0 Å². The summed E-state index contributed by atoms with van der Waals surface area (Å²) >= 11 is 5.76. The van der Waals surface area contributed by atoms with Gasteiger partial charge in [-0.3, -0.25) is 0 Å². The highest BCUT2D eigenvalue weighted by molar-refractivity contribution is 6.29. The summed E-state index contributed by atoms with van der Waals surface area (Å²) in [6, 6.07) is 7.76. The number of hydrogen-bond acceptors (Lipinski definition) is 2. The minimum Gasteiger partial charge on any atom is -0.392 e. The van der Waals surface area contributed by atoms with Crippen LogP contribution in [0.4, 0.5) is 13.2 Å². The maximum atomic E-state index is 12.6. The quantitative estimate of drug-likeness (QED) is 0.850. The summed E-state index contributed by atoms with van der Waals surface area (Å²) in [5.41, 5.74) is 0.333. The maximum Gasteiger partial charge on any atom is 0.416 e. The van der Waals surface area contributed by atoms with Crippen LogP contribution >= 0.6 is 11.6 Å². The van der Waals surface area contributed by atoms with Gasteiger partial charge < -0.3 is 5.11 Å². The lowest BCUT2D eigenvalue weighted by molar-refractivity contribution is -0.137. The molecule has 0 aliphatic rings. The Balaban J connectivity index is 2.50. The Hall–Kier alpha value is -1.59. The normalized spacial score (nSPS) is 11.6. The van der Waals surface area contributed by atoms with E-state index in [2.05, 4.69) is 4.98 Å². The summed E-state index contributed by atoms with van der Waals surface area (Å²) in [6.45, 7) is -0.256. The van der Waals surface area contributed by atoms with Gasteiger partial charge in [0, 0.05) is 5.56 Å². The molecule has 0 aliphatic heterocycles. The Morgan fingerprint density at radius 1 is 1.16 bits per heavy atom. The van der Waals surface area contributed by atoms with Crippen molar-refractivity contribution in [1.82, 2.24) is 4.98 Å². The second kappa shape index (κ2) is 5.19. The molecule has 0 atom stereocenters. The number of benzene rings is 1. The van der Waals surface area contributed by atoms with E-state index in [1.807, 2.05) is 0 Å². The average molecular weight is 288 g/mol. The highest BCUT2D eigenvalue weighted by Gasteiger charge is 2.30. The van der Waals surface area contributed by atoms with Crippen LogP contribution in [0.5, 0.6) is 0 Å². The number of aromatic nitrogens is 1. The summed E-state index contributed by atoms with van der Waals surface area (Å²) in [5.74, 6) is 0. The molecule has 0 saturated heterocycles. The van der Waals surface area contributed by atoms with Crippen molar-refractivity contribution in [1.29, 1.82) is 0 Å². The molecule has 0 bridgehead atoms. The number of pyridine rings is 1. The predicted molar refractivity (Wildman–Crippen MR) is 65.6 cm³/mol. The minimum atomic E-state index is -4.41. The molecule has 100 valence electrons. The first-order chi connectivity index (χ1) is 8.90. The maximum absolute atomic E-state index is 12.6. The van der Waals surface area contributed by atoms with Gasteiger partial charge in [0.05, 0.1) is 17.9 Å². The third-order valence-electron chi connectivity index (χ3n) is 2.52. The van der Waals surface area contributed by atoms with Crippen molar-refractivity contribution in [3.8, 4) is 11.3 Å². The monoisotopic (exact) mass is 287 g/mol. The molecular weight excluding hydrogens is 279 g/mol. The van der Waals surface area contributed by atoms with Crippen LogP contribution in [0.25, 0.3) is 11.3 Å². The molecule has 19 heavy (non-hydrogen) atoms. The van der Waals surface area contributed by atoms with Gasteiger partial charge in [-0.1, -0.05) is 23.7 Å². The van der Waals surface area contributed by atoms with Crippen LogP contribution in [0.15, 0.2) is 36.4 Å². The molecule has 2 nitrogen and oxygen atoms in total. The molecule has 0 aliphatic carbocycles. The molecule has 0 radical (unpaired) electrons. The van der Waals surface area contributed by atoms with Crippen molar-refractivity contribution in [3.63, 3.8) is 0 Å². The molecule has 1 N–H and O–H groups in total. The fraction of sp³-hybridized carbons (Fsp3) is 0.154. The lowest BCUT2D eigenvalue weighted by Crippen LogP contribution is -2.04. The van der Waals surface area contributed by atoms with Gasteiger partial charge in [0.25, 0.3) is 0 Å². The van der Waals surface area contributed by atoms with Crippen LogP contribution in [0.1, 0.15) is 11.1 Å². The van der Waals surface area contributed by atoms with E-state index in [4.69, 9.17) is 16.7 Å². The molecule has 1 heterocycles. The Kier molecular flexibility index (Phi) is 3.78. The smallest absolute Gasteiger partial charge is 0.392 e. The number of hydrogen-bond donors (Lipinski definition) is 1. The Labute approximate surface area is 112 Å². The van der Waals surface area contributed by atoms with Crippen molar-refractivity contribution in [3.05, 3.63) is 52.7 Å². The van der Waals surface area contributed by atoms with Crippen LogP contribution < -0.4 is 0 Å². The van der Waals surface area contributed by atoms with E-state index in [-0.39, 0.29) is 11.8 Å². The molecule has 2 rings (SSSR count). The van der Waals surface area contributed by atoms with Crippen LogP contribution in [0.3, 0.4) is 0 Å². The summed E-state index contributed by atoms with van der Waals surface area (Å²) in [7, 11) is 0. The minimum absolute atomic E-state index is 0.124.